The van der Waals surface area contributed by atoms with Gasteiger partial charge in [0.2, 0.25) is 0 Å². The van der Waals surface area contributed by atoms with Gasteiger partial charge < -0.3 is 20.5 Å². The van der Waals surface area contributed by atoms with Gasteiger partial charge in [-0.3, -0.25) is 18.8 Å². The second kappa shape index (κ2) is 11.2. The molecule has 1 fully saturated rings. The molecule has 4 rings (SSSR count). The number of aromatic nitrogens is 2. The molecule has 1 aliphatic carbocycles. The monoisotopic (exact) mass is 492 g/mol. The number of anilines is 1. The fourth-order valence-electron chi connectivity index (χ4n) is 4.97. The zero-order valence-corrected chi connectivity index (χ0v) is 20.6. The van der Waals surface area contributed by atoms with Crippen LogP contribution in [-0.4, -0.2) is 52.0 Å². The van der Waals surface area contributed by atoms with E-state index in [1.165, 1.54) is 7.11 Å². The lowest BCUT2D eigenvalue weighted by atomic mass is 9.82. The number of aliphatic carboxylic acids is 1. The van der Waals surface area contributed by atoms with Crippen molar-refractivity contribution in [3.05, 3.63) is 53.7 Å². The van der Waals surface area contributed by atoms with Gasteiger partial charge in [0.15, 0.2) is 5.65 Å². The number of amides is 1. The number of methoxy groups -OCH3 is 1. The van der Waals surface area contributed by atoms with Gasteiger partial charge in [0.1, 0.15) is 18.1 Å². The number of ether oxygens (including phenoxy) is 1. The molecule has 9 nitrogen and oxygen atoms in total. The Morgan fingerprint density at radius 3 is 2.58 bits per heavy atom. The average molecular weight is 493 g/mol. The third-order valence-corrected chi connectivity index (χ3v) is 6.85. The summed E-state index contributed by atoms with van der Waals surface area (Å²) in [6, 6.07) is 10.7. The van der Waals surface area contributed by atoms with Gasteiger partial charge in [0, 0.05) is 17.8 Å². The predicted molar refractivity (Wildman–Crippen MR) is 136 cm³/mol. The highest BCUT2D eigenvalue weighted by atomic mass is 16.5. The molecule has 2 heterocycles. The third-order valence-electron chi connectivity index (χ3n) is 6.85. The number of carboxylic acid groups (broad SMARTS) is 1. The molecule has 0 saturated heterocycles. The number of carboxylic acids is 1. The van der Waals surface area contributed by atoms with Crippen molar-refractivity contribution in [3.63, 3.8) is 0 Å². The molecule has 1 saturated carbocycles. The molecule has 36 heavy (non-hydrogen) atoms. The number of pyridine rings is 1. The predicted octanol–water partition coefficient (Wildman–Crippen LogP) is 4.05. The lowest BCUT2D eigenvalue weighted by Crippen LogP contribution is -2.42. The van der Waals surface area contributed by atoms with Gasteiger partial charge in [-0.05, 0) is 43.4 Å². The Morgan fingerprint density at radius 1 is 1.14 bits per heavy atom. The molecule has 9 heteroatoms. The summed E-state index contributed by atoms with van der Waals surface area (Å²) in [4.78, 5) is 41.7. The fourth-order valence-corrected chi connectivity index (χ4v) is 4.97. The largest absolute Gasteiger partial charge is 0.481 e. The number of esters is 1. The lowest BCUT2D eigenvalue weighted by molar-refractivity contribution is -0.139. The van der Waals surface area contributed by atoms with Gasteiger partial charge in [0.25, 0.3) is 5.91 Å². The van der Waals surface area contributed by atoms with Crippen molar-refractivity contribution in [2.75, 3.05) is 19.0 Å². The molecular formula is C27H32N4O5. The number of aryl methyl sites for hydroxylation is 1. The van der Waals surface area contributed by atoms with E-state index in [0.717, 1.165) is 43.2 Å². The minimum atomic E-state index is -0.930. The molecule has 0 spiro atoms. The van der Waals surface area contributed by atoms with Crippen molar-refractivity contribution in [2.45, 2.75) is 51.5 Å². The van der Waals surface area contributed by atoms with Crippen molar-refractivity contribution in [2.24, 2.45) is 5.92 Å². The number of hydrogen-bond donors (Lipinski definition) is 3. The summed E-state index contributed by atoms with van der Waals surface area (Å²) < 4.78 is 6.52. The van der Waals surface area contributed by atoms with Crippen molar-refractivity contribution < 1.29 is 24.2 Å². The first kappa shape index (κ1) is 25.2. The van der Waals surface area contributed by atoms with E-state index >= 15 is 0 Å². The summed E-state index contributed by atoms with van der Waals surface area (Å²) in [7, 11) is 1.32. The molecule has 0 bridgehead atoms. The van der Waals surface area contributed by atoms with Crippen molar-refractivity contribution >= 4 is 29.3 Å². The van der Waals surface area contributed by atoms with Crippen LogP contribution in [0.25, 0.3) is 16.9 Å². The van der Waals surface area contributed by atoms with Crippen molar-refractivity contribution in [1.82, 2.24) is 14.7 Å². The van der Waals surface area contributed by atoms with Gasteiger partial charge >= 0.3 is 11.9 Å². The lowest BCUT2D eigenvalue weighted by Gasteiger charge is -2.30. The quantitative estimate of drug-likeness (QED) is 0.385. The molecule has 190 valence electrons. The highest BCUT2D eigenvalue weighted by molar-refractivity contribution is 6.01. The SMILES string of the molecule is COC(=O)CNc1c(-c2ccccc2C)nc2c(C(=O)NC(CC(=O)O)C3CCCCC3)cccn12. The highest BCUT2D eigenvalue weighted by Gasteiger charge is 2.29. The first-order valence-electron chi connectivity index (χ1n) is 12.3. The van der Waals surface area contributed by atoms with Gasteiger partial charge in [0.05, 0.1) is 19.1 Å². The standard InChI is InChI=1S/C27H32N4O5/c1-17-9-6-7-12-19(17)24-26(28-16-23(34)36-2)31-14-8-13-20(25(31)30-24)27(35)29-21(15-22(32)33)18-10-4-3-5-11-18/h6-9,12-14,18,21,28H,3-5,10-11,15-16H2,1-2H3,(H,29,35)(H,32,33). The van der Waals surface area contributed by atoms with Gasteiger partial charge in [-0.1, -0.05) is 43.5 Å². The number of rotatable bonds is 9. The third kappa shape index (κ3) is 5.50. The number of carbonyl (C=O) groups is 3. The Kier molecular flexibility index (Phi) is 7.87. The Balaban J connectivity index is 1.73. The molecule has 1 atom stereocenters. The van der Waals surface area contributed by atoms with E-state index < -0.39 is 18.0 Å². The van der Waals surface area contributed by atoms with Crippen LogP contribution in [0.15, 0.2) is 42.6 Å². The first-order chi connectivity index (χ1) is 17.4. The molecule has 1 unspecified atom stereocenters. The molecule has 0 aliphatic heterocycles. The van der Waals surface area contributed by atoms with E-state index in [4.69, 9.17) is 9.72 Å². The molecule has 0 radical (unpaired) electrons. The molecule has 1 amide bonds. The van der Waals surface area contributed by atoms with E-state index in [1.54, 1.807) is 22.7 Å². The topological polar surface area (TPSA) is 122 Å². The number of nitrogens with zero attached hydrogens (tertiary/aromatic N) is 2. The second-order valence-electron chi connectivity index (χ2n) is 9.25. The maximum Gasteiger partial charge on any atom is 0.325 e. The minimum absolute atomic E-state index is 0.0675. The van der Waals surface area contributed by atoms with Crippen LogP contribution in [0.3, 0.4) is 0 Å². The highest BCUT2D eigenvalue weighted by Crippen LogP contribution is 2.32. The van der Waals surface area contributed by atoms with Gasteiger partial charge in [-0.2, -0.15) is 0 Å². The van der Waals surface area contributed by atoms with Gasteiger partial charge in [-0.25, -0.2) is 4.98 Å². The summed E-state index contributed by atoms with van der Waals surface area (Å²) in [6.45, 7) is 1.90. The number of carbonyl (C=O) groups excluding carboxylic acids is 2. The summed E-state index contributed by atoms with van der Waals surface area (Å²) in [6.07, 6.45) is 6.70. The van der Waals surface area contributed by atoms with Gasteiger partial charge in [-0.15, -0.1) is 0 Å². The maximum atomic E-state index is 13.5. The van der Waals surface area contributed by atoms with E-state index in [0.29, 0.717) is 22.7 Å². The minimum Gasteiger partial charge on any atom is -0.481 e. The first-order valence-corrected chi connectivity index (χ1v) is 12.3. The molecule has 2 aromatic heterocycles. The zero-order chi connectivity index (χ0) is 25.7. The summed E-state index contributed by atoms with van der Waals surface area (Å²) in [5, 5.41) is 15.6. The fraction of sp³-hybridized carbons (Fsp3) is 0.407. The Morgan fingerprint density at radius 2 is 1.89 bits per heavy atom. The molecule has 3 N–H and O–H groups in total. The van der Waals surface area contributed by atoms with Crippen LogP contribution in [0.5, 0.6) is 0 Å². The number of imidazole rings is 1. The van der Waals surface area contributed by atoms with Crippen molar-refractivity contribution in [1.29, 1.82) is 0 Å². The molecule has 1 aliphatic rings. The van der Waals surface area contributed by atoms with Crippen LogP contribution in [0.1, 0.15) is 54.4 Å². The summed E-state index contributed by atoms with van der Waals surface area (Å²) in [5.74, 6) is -1.02. The van der Waals surface area contributed by atoms with E-state index in [-0.39, 0.29) is 24.8 Å². The maximum absolute atomic E-state index is 13.5. The van der Waals surface area contributed by atoms with Crippen LogP contribution in [0, 0.1) is 12.8 Å². The molecule has 3 aromatic rings. The van der Waals surface area contributed by atoms with Crippen LogP contribution >= 0.6 is 0 Å². The van der Waals surface area contributed by atoms with E-state index in [2.05, 4.69) is 10.6 Å². The number of nitrogens with one attached hydrogen (secondary N) is 2. The zero-order valence-electron chi connectivity index (χ0n) is 20.6. The number of fused-ring (bicyclic) bond motifs is 1. The van der Waals surface area contributed by atoms with E-state index in [1.807, 2.05) is 31.2 Å². The molecule has 1 aromatic carbocycles. The summed E-state index contributed by atoms with van der Waals surface area (Å²) in [5.41, 5.74) is 3.22. The number of hydrogen-bond acceptors (Lipinski definition) is 6. The van der Waals surface area contributed by atoms with Crippen molar-refractivity contribution in [3.8, 4) is 11.3 Å². The van der Waals surface area contributed by atoms with Crippen LogP contribution in [-0.2, 0) is 14.3 Å². The smallest absolute Gasteiger partial charge is 0.325 e. The Labute approximate surface area is 209 Å². The normalized spacial score (nSPS) is 14.8. The second-order valence-corrected chi connectivity index (χ2v) is 9.25. The van der Waals surface area contributed by atoms with E-state index in [9.17, 15) is 19.5 Å². The summed E-state index contributed by atoms with van der Waals surface area (Å²) >= 11 is 0. The number of benzene rings is 1. The Bertz CT molecular complexity index is 1260. The molecular weight excluding hydrogens is 460 g/mol. The van der Waals surface area contributed by atoms with Crippen LogP contribution < -0.4 is 10.6 Å². The van der Waals surface area contributed by atoms with Crippen LogP contribution in [0.2, 0.25) is 0 Å². The Hall–Kier alpha value is -3.88. The van der Waals surface area contributed by atoms with Crippen LogP contribution in [0.4, 0.5) is 5.82 Å². The average Bonchev–Trinajstić information content (AvgIpc) is 3.25.